The summed E-state index contributed by atoms with van der Waals surface area (Å²) in [5, 5.41) is 1.89. The number of fused-ring (bicyclic) bond motifs is 1. The van der Waals surface area contributed by atoms with Crippen LogP contribution in [0.1, 0.15) is 18.5 Å². The first-order valence-corrected chi connectivity index (χ1v) is 10.5. The van der Waals surface area contributed by atoms with Gasteiger partial charge >= 0.3 is 0 Å². The van der Waals surface area contributed by atoms with Crippen molar-refractivity contribution < 1.29 is 0 Å². The van der Waals surface area contributed by atoms with Crippen molar-refractivity contribution in [1.29, 1.82) is 0 Å². The molecular weight excluding hydrogens is 378 g/mol. The van der Waals surface area contributed by atoms with Crippen LogP contribution in [0.25, 0.3) is 33.3 Å². The molecule has 3 heterocycles. The van der Waals surface area contributed by atoms with Crippen LogP contribution >= 0.6 is 11.6 Å². The fourth-order valence-electron chi connectivity index (χ4n) is 3.96. The SMILES string of the molecule is Clc1ccc(-c2ccc(-c3ccc4nc(CN5CCCC5)ccc4c3)nc2)cc1. The Labute approximate surface area is 176 Å². The highest BCUT2D eigenvalue weighted by Crippen LogP contribution is 2.26. The lowest BCUT2D eigenvalue weighted by Gasteiger charge is -2.14. The van der Waals surface area contributed by atoms with E-state index in [1.165, 1.54) is 25.9 Å². The van der Waals surface area contributed by atoms with E-state index in [1.807, 2.05) is 30.5 Å². The highest BCUT2D eigenvalue weighted by atomic mass is 35.5. The Balaban J connectivity index is 1.38. The molecule has 1 aliphatic rings. The minimum absolute atomic E-state index is 0.742. The average Bonchev–Trinajstić information content (AvgIpc) is 3.27. The zero-order chi connectivity index (χ0) is 19.6. The van der Waals surface area contributed by atoms with Crippen LogP contribution in [-0.2, 0) is 6.54 Å². The number of rotatable bonds is 4. The third-order valence-corrected chi connectivity index (χ3v) is 5.82. The zero-order valence-corrected chi connectivity index (χ0v) is 16.9. The van der Waals surface area contributed by atoms with Crippen LogP contribution in [0.3, 0.4) is 0 Å². The van der Waals surface area contributed by atoms with Gasteiger partial charge < -0.3 is 0 Å². The van der Waals surface area contributed by atoms with Gasteiger partial charge in [-0.2, -0.15) is 0 Å². The fourth-order valence-corrected chi connectivity index (χ4v) is 4.09. The molecule has 29 heavy (non-hydrogen) atoms. The smallest absolute Gasteiger partial charge is 0.0706 e. The summed E-state index contributed by atoms with van der Waals surface area (Å²) in [6.07, 6.45) is 4.53. The standard InChI is InChI=1S/C25H22ClN3/c26-22-8-3-18(4-9-22)21-7-11-24(27-16-21)19-6-12-25-20(15-19)5-10-23(28-25)17-29-13-1-2-14-29/h3-12,15-16H,1-2,13-14,17H2. The first-order chi connectivity index (χ1) is 14.2. The Kier molecular flexibility index (Phi) is 5.01. The minimum Gasteiger partial charge on any atom is -0.298 e. The van der Waals surface area contributed by atoms with Gasteiger partial charge in [-0.25, -0.2) is 0 Å². The van der Waals surface area contributed by atoms with Gasteiger partial charge in [0, 0.05) is 34.3 Å². The fraction of sp³-hybridized carbons (Fsp3) is 0.200. The summed E-state index contributed by atoms with van der Waals surface area (Å²) in [6, 6.07) is 22.7. The van der Waals surface area contributed by atoms with Crippen LogP contribution in [0, 0.1) is 0 Å². The van der Waals surface area contributed by atoms with Crippen molar-refractivity contribution in [3.63, 3.8) is 0 Å². The van der Waals surface area contributed by atoms with Gasteiger partial charge in [-0.15, -0.1) is 0 Å². The number of benzene rings is 2. The molecule has 0 radical (unpaired) electrons. The first-order valence-electron chi connectivity index (χ1n) is 10.1. The normalized spacial score (nSPS) is 14.5. The number of hydrogen-bond acceptors (Lipinski definition) is 3. The van der Waals surface area contributed by atoms with E-state index in [9.17, 15) is 0 Å². The van der Waals surface area contributed by atoms with E-state index >= 15 is 0 Å². The van der Waals surface area contributed by atoms with E-state index < -0.39 is 0 Å². The summed E-state index contributed by atoms with van der Waals surface area (Å²) in [7, 11) is 0. The third-order valence-electron chi connectivity index (χ3n) is 5.57. The van der Waals surface area contributed by atoms with Crippen LogP contribution in [0.15, 0.2) is 72.9 Å². The molecular formula is C25H22ClN3. The molecule has 0 atom stereocenters. The Morgan fingerprint density at radius 3 is 2.31 bits per heavy atom. The number of pyridine rings is 2. The van der Waals surface area contributed by atoms with Crippen molar-refractivity contribution in [2.45, 2.75) is 19.4 Å². The van der Waals surface area contributed by atoms with Crippen LogP contribution in [0.5, 0.6) is 0 Å². The predicted molar refractivity (Wildman–Crippen MR) is 120 cm³/mol. The molecule has 2 aromatic carbocycles. The lowest BCUT2D eigenvalue weighted by molar-refractivity contribution is 0.327. The molecule has 4 aromatic rings. The summed E-state index contributed by atoms with van der Waals surface area (Å²) in [4.78, 5) is 12.0. The van der Waals surface area contributed by atoms with E-state index in [2.05, 4.69) is 52.3 Å². The first kappa shape index (κ1) is 18.3. The quantitative estimate of drug-likeness (QED) is 0.408. The van der Waals surface area contributed by atoms with Crippen LogP contribution in [-0.4, -0.2) is 28.0 Å². The molecule has 1 aliphatic heterocycles. The lowest BCUT2D eigenvalue weighted by atomic mass is 10.0. The zero-order valence-electron chi connectivity index (χ0n) is 16.2. The minimum atomic E-state index is 0.742. The Hall–Kier alpha value is -2.75. The topological polar surface area (TPSA) is 29.0 Å². The van der Waals surface area contributed by atoms with Gasteiger partial charge in [0.25, 0.3) is 0 Å². The second kappa shape index (κ2) is 7.94. The Morgan fingerprint density at radius 2 is 1.55 bits per heavy atom. The van der Waals surface area contributed by atoms with Gasteiger partial charge in [-0.05, 0) is 67.9 Å². The number of likely N-dealkylation sites (tertiary alicyclic amines) is 1. The van der Waals surface area contributed by atoms with Gasteiger partial charge in [0.05, 0.1) is 16.9 Å². The molecule has 144 valence electrons. The molecule has 0 spiro atoms. The molecule has 0 unspecified atom stereocenters. The van der Waals surface area contributed by atoms with E-state index in [4.69, 9.17) is 16.6 Å². The second-order valence-corrected chi connectivity index (χ2v) is 8.07. The van der Waals surface area contributed by atoms with Gasteiger partial charge in [0.15, 0.2) is 0 Å². The highest BCUT2D eigenvalue weighted by molar-refractivity contribution is 6.30. The molecule has 5 rings (SSSR count). The van der Waals surface area contributed by atoms with Crippen LogP contribution < -0.4 is 0 Å². The van der Waals surface area contributed by atoms with Crippen molar-refractivity contribution in [3.8, 4) is 22.4 Å². The number of nitrogens with zero attached hydrogens (tertiary/aromatic N) is 3. The number of aromatic nitrogens is 2. The van der Waals surface area contributed by atoms with Gasteiger partial charge in [0.1, 0.15) is 0 Å². The molecule has 0 saturated carbocycles. The van der Waals surface area contributed by atoms with Crippen molar-refractivity contribution in [1.82, 2.24) is 14.9 Å². The molecule has 3 nitrogen and oxygen atoms in total. The van der Waals surface area contributed by atoms with E-state index in [0.717, 1.165) is 50.5 Å². The highest BCUT2D eigenvalue weighted by Gasteiger charge is 2.12. The van der Waals surface area contributed by atoms with Gasteiger partial charge in [0.2, 0.25) is 0 Å². The maximum absolute atomic E-state index is 5.98. The Morgan fingerprint density at radius 1 is 0.793 bits per heavy atom. The molecule has 1 saturated heterocycles. The van der Waals surface area contributed by atoms with Crippen molar-refractivity contribution in [2.24, 2.45) is 0 Å². The van der Waals surface area contributed by atoms with Crippen LogP contribution in [0.4, 0.5) is 0 Å². The van der Waals surface area contributed by atoms with Gasteiger partial charge in [-0.1, -0.05) is 41.9 Å². The molecule has 4 heteroatoms. The lowest BCUT2D eigenvalue weighted by Crippen LogP contribution is -2.19. The summed E-state index contributed by atoms with van der Waals surface area (Å²) in [6.45, 7) is 3.33. The molecule has 0 aliphatic carbocycles. The largest absolute Gasteiger partial charge is 0.298 e. The molecule has 2 aromatic heterocycles. The summed E-state index contributed by atoms with van der Waals surface area (Å²) in [5.41, 5.74) is 6.46. The van der Waals surface area contributed by atoms with E-state index in [0.29, 0.717) is 0 Å². The monoisotopic (exact) mass is 399 g/mol. The Bertz CT molecular complexity index is 1130. The third kappa shape index (κ3) is 4.02. The molecule has 1 fully saturated rings. The molecule has 0 bridgehead atoms. The summed E-state index contributed by atoms with van der Waals surface area (Å²) < 4.78 is 0. The summed E-state index contributed by atoms with van der Waals surface area (Å²) in [5.74, 6) is 0. The van der Waals surface area contributed by atoms with E-state index in [1.54, 1.807) is 0 Å². The maximum atomic E-state index is 5.98. The van der Waals surface area contributed by atoms with Crippen molar-refractivity contribution >= 4 is 22.5 Å². The van der Waals surface area contributed by atoms with Crippen LogP contribution in [0.2, 0.25) is 5.02 Å². The van der Waals surface area contributed by atoms with Crippen molar-refractivity contribution in [2.75, 3.05) is 13.1 Å². The molecule has 0 N–H and O–H groups in total. The second-order valence-electron chi connectivity index (χ2n) is 7.63. The number of hydrogen-bond donors (Lipinski definition) is 0. The van der Waals surface area contributed by atoms with Gasteiger partial charge in [-0.3, -0.25) is 14.9 Å². The summed E-state index contributed by atoms with van der Waals surface area (Å²) >= 11 is 5.98. The maximum Gasteiger partial charge on any atom is 0.0706 e. The number of halogens is 1. The predicted octanol–water partition coefficient (Wildman–Crippen LogP) is 6.21. The van der Waals surface area contributed by atoms with E-state index in [-0.39, 0.29) is 0 Å². The molecule has 0 amide bonds. The van der Waals surface area contributed by atoms with Crippen molar-refractivity contribution in [3.05, 3.63) is 83.6 Å². The average molecular weight is 400 g/mol.